The Morgan fingerprint density at radius 3 is 2.43 bits per heavy atom. The predicted octanol–water partition coefficient (Wildman–Crippen LogP) is 6.42. The molecule has 1 aliphatic rings. The quantitative estimate of drug-likeness (QED) is 0.305. The molecule has 37 heavy (non-hydrogen) atoms. The lowest BCUT2D eigenvalue weighted by molar-refractivity contribution is 0.00695. The van der Waals surface area contributed by atoms with Crippen LogP contribution < -0.4 is 15.0 Å². The number of aromatic nitrogens is 3. The monoisotopic (exact) mass is 497 g/mol. The average Bonchev–Trinajstić information content (AvgIpc) is 3.40. The molecule has 2 aromatic heterocycles. The summed E-state index contributed by atoms with van der Waals surface area (Å²) in [5, 5.41) is 4.36. The van der Waals surface area contributed by atoms with Gasteiger partial charge in [-0.15, -0.1) is 0 Å². The Kier molecular flexibility index (Phi) is 6.65. The fourth-order valence-electron chi connectivity index (χ4n) is 4.27. The van der Waals surface area contributed by atoms with Crippen LogP contribution in [0, 0.1) is 6.92 Å². The lowest BCUT2D eigenvalue weighted by Crippen LogP contribution is -2.23. The molecule has 1 aliphatic heterocycles. The maximum absolute atomic E-state index is 12.3. The maximum Gasteiger partial charge on any atom is 0.338 e. The third-order valence-electron chi connectivity index (χ3n) is 6.09. The van der Waals surface area contributed by atoms with Crippen molar-refractivity contribution >= 4 is 34.2 Å². The van der Waals surface area contributed by atoms with Gasteiger partial charge in [0, 0.05) is 24.2 Å². The number of rotatable bonds is 6. The molecule has 0 bridgehead atoms. The van der Waals surface area contributed by atoms with Crippen LogP contribution in [0.2, 0.25) is 0 Å². The van der Waals surface area contributed by atoms with Crippen molar-refractivity contribution in [3.8, 4) is 11.5 Å². The molecular weight excluding hydrogens is 466 g/mol. The number of nitrogens with one attached hydrogen (secondary N) is 1. The molecule has 0 unspecified atom stereocenters. The lowest BCUT2D eigenvalue weighted by Gasteiger charge is -2.19. The molecule has 5 rings (SSSR count). The molecule has 1 saturated heterocycles. The van der Waals surface area contributed by atoms with Gasteiger partial charge in [-0.2, -0.15) is 0 Å². The van der Waals surface area contributed by atoms with Gasteiger partial charge in [0.25, 0.3) is 0 Å². The van der Waals surface area contributed by atoms with Gasteiger partial charge in [-0.25, -0.2) is 19.7 Å². The van der Waals surface area contributed by atoms with Crippen molar-refractivity contribution in [1.29, 1.82) is 0 Å². The van der Waals surface area contributed by atoms with Gasteiger partial charge in [0.1, 0.15) is 35.1 Å². The van der Waals surface area contributed by atoms with Crippen molar-refractivity contribution in [2.24, 2.45) is 0 Å². The second kappa shape index (κ2) is 10.0. The van der Waals surface area contributed by atoms with Gasteiger partial charge >= 0.3 is 5.97 Å². The SMILES string of the molecule is Cc1cc(Nc2ncnc3cnc(N4CCCC4)cc23)ccc1Oc1ccc(C(=O)OC(C)(C)C)cc1. The van der Waals surface area contributed by atoms with Crippen LogP contribution in [0.25, 0.3) is 10.9 Å². The van der Waals surface area contributed by atoms with Crippen LogP contribution in [0.5, 0.6) is 11.5 Å². The second-order valence-corrected chi connectivity index (χ2v) is 10.2. The number of pyridine rings is 1. The first-order chi connectivity index (χ1) is 17.7. The molecule has 0 aliphatic carbocycles. The van der Waals surface area contributed by atoms with Crippen LogP contribution in [-0.2, 0) is 4.74 Å². The fraction of sp³-hybridized carbons (Fsp3) is 0.310. The van der Waals surface area contributed by atoms with Gasteiger partial charge in [0.05, 0.1) is 17.3 Å². The van der Waals surface area contributed by atoms with Crippen LogP contribution >= 0.6 is 0 Å². The number of esters is 1. The summed E-state index contributed by atoms with van der Waals surface area (Å²) in [4.78, 5) is 28.0. The highest BCUT2D eigenvalue weighted by atomic mass is 16.6. The van der Waals surface area contributed by atoms with E-state index in [1.807, 2.05) is 52.1 Å². The predicted molar refractivity (Wildman–Crippen MR) is 145 cm³/mol. The second-order valence-electron chi connectivity index (χ2n) is 10.2. The molecule has 1 fully saturated rings. The molecule has 0 amide bonds. The fourth-order valence-corrected chi connectivity index (χ4v) is 4.27. The minimum Gasteiger partial charge on any atom is -0.457 e. The molecule has 8 heteroatoms. The molecule has 0 radical (unpaired) electrons. The number of carbonyl (C=O) groups is 1. The van der Waals surface area contributed by atoms with E-state index in [0.29, 0.717) is 11.3 Å². The van der Waals surface area contributed by atoms with E-state index in [0.717, 1.165) is 52.6 Å². The number of fused-ring (bicyclic) bond motifs is 1. The minimum absolute atomic E-state index is 0.355. The zero-order chi connectivity index (χ0) is 26.0. The molecule has 190 valence electrons. The molecule has 4 aromatic rings. The highest BCUT2D eigenvalue weighted by Gasteiger charge is 2.18. The average molecular weight is 498 g/mol. The lowest BCUT2D eigenvalue weighted by atomic mass is 10.1. The summed E-state index contributed by atoms with van der Waals surface area (Å²) in [6.07, 6.45) is 5.74. The molecular formula is C29H31N5O3. The Labute approximate surface area is 216 Å². The van der Waals surface area contributed by atoms with E-state index >= 15 is 0 Å². The summed E-state index contributed by atoms with van der Waals surface area (Å²) < 4.78 is 11.5. The highest BCUT2D eigenvalue weighted by Crippen LogP contribution is 2.31. The third kappa shape index (κ3) is 5.80. The topological polar surface area (TPSA) is 89.5 Å². The van der Waals surface area contributed by atoms with Crippen molar-refractivity contribution in [3.63, 3.8) is 0 Å². The molecule has 0 spiro atoms. The number of nitrogens with zero attached hydrogens (tertiary/aromatic N) is 4. The first-order valence-electron chi connectivity index (χ1n) is 12.5. The number of ether oxygens (including phenoxy) is 2. The van der Waals surface area contributed by atoms with Gasteiger partial charge in [0.2, 0.25) is 0 Å². The Morgan fingerprint density at radius 2 is 1.73 bits per heavy atom. The number of hydrogen-bond acceptors (Lipinski definition) is 8. The zero-order valence-corrected chi connectivity index (χ0v) is 21.6. The first-order valence-corrected chi connectivity index (χ1v) is 12.5. The third-order valence-corrected chi connectivity index (χ3v) is 6.09. The van der Waals surface area contributed by atoms with Gasteiger partial charge in [-0.3, -0.25) is 0 Å². The minimum atomic E-state index is -0.537. The van der Waals surface area contributed by atoms with E-state index in [1.54, 1.807) is 30.6 Å². The van der Waals surface area contributed by atoms with Gasteiger partial charge in [0.15, 0.2) is 0 Å². The van der Waals surface area contributed by atoms with E-state index in [-0.39, 0.29) is 5.97 Å². The van der Waals surface area contributed by atoms with Crippen LogP contribution in [-0.4, -0.2) is 39.6 Å². The van der Waals surface area contributed by atoms with E-state index in [4.69, 9.17) is 9.47 Å². The van der Waals surface area contributed by atoms with Crippen LogP contribution in [0.1, 0.15) is 49.5 Å². The summed E-state index contributed by atoms with van der Waals surface area (Å²) in [6.45, 7) is 9.58. The van der Waals surface area contributed by atoms with Gasteiger partial charge < -0.3 is 19.7 Å². The smallest absolute Gasteiger partial charge is 0.338 e. The summed E-state index contributed by atoms with van der Waals surface area (Å²) in [5.41, 5.74) is 2.60. The summed E-state index contributed by atoms with van der Waals surface area (Å²) >= 11 is 0. The first kappa shape index (κ1) is 24.5. The molecule has 1 N–H and O–H groups in total. The Bertz CT molecular complexity index is 1420. The van der Waals surface area contributed by atoms with E-state index in [9.17, 15) is 4.79 Å². The normalized spacial score (nSPS) is 13.6. The number of benzene rings is 2. The van der Waals surface area contributed by atoms with Crippen molar-refractivity contribution in [2.75, 3.05) is 23.3 Å². The Balaban J connectivity index is 1.31. The Morgan fingerprint density at radius 1 is 0.973 bits per heavy atom. The number of anilines is 3. The number of hydrogen-bond donors (Lipinski definition) is 1. The summed E-state index contributed by atoms with van der Waals surface area (Å²) in [6, 6.07) is 14.9. The Hall–Kier alpha value is -4.20. The van der Waals surface area contributed by atoms with E-state index in [1.165, 1.54) is 12.8 Å². The van der Waals surface area contributed by atoms with Crippen LogP contribution in [0.3, 0.4) is 0 Å². The zero-order valence-electron chi connectivity index (χ0n) is 21.6. The number of aryl methyl sites for hydroxylation is 1. The van der Waals surface area contributed by atoms with E-state index < -0.39 is 5.60 Å². The molecule has 8 nitrogen and oxygen atoms in total. The van der Waals surface area contributed by atoms with Crippen LogP contribution in [0.4, 0.5) is 17.3 Å². The maximum atomic E-state index is 12.3. The van der Waals surface area contributed by atoms with Crippen molar-refractivity contribution in [2.45, 2.75) is 46.1 Å². The van der Waals surface area contributed by atoms with Crippen molar-refractivity contribution in [1.82, 2.24) is 15.0 Å². The van der Waals surface area contributed by atoms with Gasteiger partial charge in [-0.05, 0) is 94.6 Å². The van der Waals surface area contributed by atoms with Crippen molar-refractivity contribution in [3.05, 3.63) is 72.2 Å². The molecule has 2 aromatic carbocycles. The van der Waals surface area contributed by atoms with Gasteiger partial charge in [-0.1, -0.05) is 0 Å². The number of carbonyl (C=O) groups excluding carboxylic acids is 1. The summed E-state index contributed by atoms with van der Waals surface area (Å²) in [7, 11) is 0. The van der Waals surface area contributed by atoms with Crippen molar-refractivity contribution < 1.29 is 14.3 Å². The van der Waals surface area contributed by atoms with E-state index in [2.05, 4.69) is 31.2 Å². The van der Waals surface area contributed by atoms with Crippen LogP contribution in [0.15, 0.2) is 61.1 Å². The molecule has 0 saturated carbocycles. The highest BCUT2D eigenvalue weighted by molar-refractivity contribution is 5.92. The summed E-state index contributed by atoms with van der Waals surface area (Å²) in [5.74, 6) is 2.70. The largest absolute Gasteiger partial charge is 0.457 e. The standard InChI is InChI=1S/C29H31N5O3/c1-19-15-21(9-12-25(19)36-22-10-7-20(8-11-22)28(35)37-29(2,3)4)33-27-23-16-26(34-13-5-6-14-34)30-17-24(23)31-18-32-27/h7-12,15-18H,5-6,13-14H2,1-4H3,(H,31,32,33). The molecule has 0 atom stereocenters. The molecule has 3 heterocycles.